The number of para-hydroxylation sites is 1. The Morgan fingerprint density at radius 1 is 1.15 bits per heavy atom. The molecular weight excluding hydrogens is 336 g/mol. The van der Waals surface area contributed by atoms with E-state index in [9.17, 15) is 0 Å². The molecule has 2 N–H and O–H groups in total. The fourth-order valence-corrected chi connectivity index (χ4v) is 3.46. The van der Waals surface area contributed by atoms with Gasteiger partial charge in [-0.2, -0.15) is 5.10 Å². The summed E-state index contributed by atoms with van der Waals surface area (Å²) in [5.74, 6) is 0.890. The Labute approximate surface area is 162 Å². The first-order valence-electron chi connectivity index (χ1n) is 10.2. The van der Waals surface area contributed by atoms with Crippen molar-refractivity contribution in [2.45, 2.75) is 45.7 Å². The van der Waals surface area contributed by atoms with Crippen molar-refractivity contribution < 1.29 is 0 Å². The van der Waals surface area contributed by atoms with Crippen molar-refractivity contribution in [3.63, 3.8) is 0 Å². The second-order valence-electron chi connectivity index (χ2n) is 7.04. The molecule has 0 aliphatic carbocycles. The van der Waals surface area contributed by atoms with Gasteiger partial charge in [0.05, 0.1) is 17.9 Å². The molecular formula is C21H32N6. The predicted octanol–water partition coefficient (Wildman–Crippen LogP) is 2.80. The largest absolute Gasteiger partial charge is 0.357 e. The molecule has 6 heteroatoms. The monoisotopic (exact) mass is 368 g/mol. The summed E-state index contributed by atoms with van der Waals surface area (Å²) >= 11 is 0. The van der Waals surface area contributed by atoms with Gasteiger partial charge in [0.1, 0.15) is 0 Å². The van der Waals surface area contributed by atoms with Crippen LogP contribution in [0.1, 0.15) is 38.8 Å². The van der Waals surface area contributed by atoms with E-state index < -0.39 is 0 Å². The summed E-state index contributed by atoms with van der Waals surface area (Å²) in [7, 11) is 0. The third-order valence-electron chi connectivity index (χ3n) is 4.88. The Morgan fingerprint density at radius 3 is 2.63 bits per heavy atom. The van der Waals surface area contributed by atoms with Gasteiger partial charge in [0, 0.05) is 31.9 Å². The van der Waals surface area contributed by atoms with Crippen LogP contribution >= 0.6 is 0 Å². The molecule has 27 heavy (non-hydrogen) atoms. The minimum Gasteiger partial charge on any atom is -0.357 e. The highest BCUT2D eigenvalue weighted by molar-refractivity contribution is 5.80. The van der Waals surface area contributed by atoms with Crippen molar-refractivity contribution in [3.8, 4) is 5.69 Å². The summed E-state index contributed by atoms with van der Waals surface area (Å²) in [6.07, 6.45) is 5.57. The molecule has 0 spiro atoms. The highest BCUT2D eigenvalue weighted by Crippen LogP contribution is 2.11. The predicted molar refractivity (Wildman–Crippen MR) is 111 cm³/mol. The van der Waals surface area contributed by atoms with Crippen LogP contribution in [0.25, 0.3) is 5.69 Å². The van der Waals surface area contributed by atoms with Crippen molar-refractivity contribution >= 4 is 5.96 Å². The first kappa shape index (κ1) is 19.4. The fourth-order valence-electron chi connectivity index (χ4n) is 3.46. The van der Waals surface area contributed by atoms with Gasteiger partial charge in [-0.3, -0.25) is 0 Å². The van der Waals surface area contributed by atoms with Crippen molar-refractivity contribution in [2.24, 2.45) is 4.99 Å². The van der Waals surface area contributed by atoms with E-state index in [1.165, 1.54) is 38.9 Å². The number of rotatable bonds is 7. The molecule has 1 fully saturated rings. The smallest absolute Gasteiger partial charge is 0.191 e. The van der Waals surface area contributed by atoms with Crippen LogP contribution in [0, 0.1) is 0 Å². The standard InChI is InChI=1S/C21H32N6/c1-3-13-26-14-10-18(11-15-26)24-21(22-4-2)23-17-19-12-16-27(25-19)20-8-6-5-7-9-20/h5-9,12,16,18H,3-4,10-11,13-15,17H2,1-2H3,(H2,22,23,24). The maximum Gasteiger partial charge on any atom is 0.191 e. The van der Waals surface area contributed by atoms with Crippen LogP contribution in [0.5, 0.6) is 0 Å². The summed E-state index contributed by atoms with van der Waals surface area (Å²) in [5, 5.41) is 11.6. The molecule has 2 heterocycles. The number of hydrogen-bond donors (Lipinski definition) is 2. The summed E-state index contributed by atoms with van der Waals surface area (Å²) in [6, 6.07) is 12.7. The second-order valence-corrected chi connectivity index (χ2v) is 7.04. The zero-order valence-corrected chi connectivity index (χ0v) is 16.6. The van der Waals surface area contributed by atoms with Crippen LogP contribution in [0.3, 0.4) is 0 Å². The number of likely N-dealkylation sites (tertiary alicyclic amines) is 1. The Hall–Kier alpha value is -2.34. The summed E-state index contributed by atoms with van der Waals surface area (Å²) in [4.78, 5) is 7.30. The SMILES string of the molecule is CCCN1CCC(NC(=NCc2ccn(-c3ccccc3)n2)NCC)CC1. The van der Waals surface area contributed by atoms with E-state index in [1.807, 2.05) is 35.1 Å². The molecule has 1 aliphatic rings. The minimum absolute atomic E-state index is 0.498. The summed E-state index contributed by atoms with van der Waals surface area (Å²) in [6.45, 7) is 9.34. The van der Waals surface area contributed by atoms with Gasteiger partial charge in [-0.05, 0) is 50.9 Å². The van der Waals surface area contributed by atoms with Gasteiger partial charge in [-0.15, -0.1) is 0 Å². The third-order valence-corrected chi connectivity index (χ3v) is 4.88. The average Bonchev–Trinajstić information content (AvgIpc) is 3.18. The van der Waals surface area contributed by atoms with E-state index in [4.69, 9.17) is 4.99 Å². The normalized spacial score (nSPS) is 16.4. The van der Waals surface area contributed by atoms with Gasteiger partial charge in [0.2, 0.25) is 0 Å². The molecule has 0 amide bonds. The highest BCUT2D eigenvalue weighted by Gasteiger charge is 2.19. The molecule has 3 rings (SSSR count). The molecule has 0 atom stereocenters. The minimum atomic E-state index is 0.498. The quantitative estimate of drug-likeness (QED) is 0.583. The lowest BCUT2D eigenvalue weighted by molar-refractivity contribution is 0.206. The molecule has 1 aromatic carbocycles. The van der Waals surface area contributed by atoms with E-state index in [0.717, 1.165) is 23.9 Å². The number of aliphatic imine (C=N–C) groups is 1. The molecule has 146 valence electrons. The summed E-state index contributed by atoms with van der Waals surface area (Å²) in [5.41, 5.74) is 2.03. The molecule has 1 saturated heterocycles. The number of nitrogens with one attached hydrogen (secondary N) is 2. The van der Waals surface area contributed by atoms with E-state index in [2.05, 4.69) is 46.6 Å². The molecule has 2 aromatic rings. The molecule has 1 aliphatic heterocycles. The maximum absolute atomic E-state index is 4.75. The van der Waals surface area contributed by atoms with Crippen molar-refractivity contribution in [3.05, 3.63) is 48.3 Å². The molecule has 0 radical (unpaired) electrons. The Morgan fingerprint density at radius 2 is 1.93 bits per heavy atom. The van der Waals surface area contributed by atoms with Gasteiger partial charge in [-0.1, -0.05) is 25.1 Å². The van der Waals surface area contributed by atoms with Crippen molar-refractivity contribution in [1.82, 2.24) is 25.3 Å². The Balaban J connectivity index is 1.56. The zero-order chi connectivity index (χ0) is 18.9. The van der Waals surface area contributed by atoms with Gasteiger partial charge in [-0.25, -0.2) is 9.67 Å². The molecule has 0 saturated carbocycles. The van der Waals surface area contributed by atoms with Crippen LogP contribution in [-0.4, -0.2) is 52.9 Å². The lowest BCUT2D eigenvalue weighted by Crippen LogP contribution is -2.48. The van der Waals surface area contributed by atoms with Gasteiger partial charge in [0.15, 0.2) is 5.96 Å². The molecule has 0 bridgehead atoms. The Kier molecular flexibility index (Phi) is 7.27. The van der Waals surface area contributed by atoms with Gasteiger partial charge >= 0.3 is 0 Å². The fraction of sp³-hybridized carbons (Fsp3) is 0.524. The average molecular weight is 369 g/mol. The number of nitrogens with zero attached hydrogens (tertiary/aromatic N) is 4. The first-order valence-corrected chi connectivity index (χ1v) is 10.2. The highest BCUT2D eigenvalue weighted by atomic mass is 15.3. The van der Waals surface area contributed by atoms with E-state index in [0.29, 0.717) is 12.6 Å². The second kappa shape index (κ2) is 10.1. The lowest BCUT2D eigenvalue weighted by Gasteiger charge is -2.32. The van der Waals surface area contributed by atoms with E-state index in [1.54, 1.807) is 0 Å². The van der Waals surface area contributed by atoms with Gasteiger partial charge in [0.25, 0.3) is 0 Å². The lowest BCUT2D eigenvalue weighted by atomic mass is 10.1. The van der Waals surface area contributed by atoms with E-state index >= 15 is 0 Å². The first-order chi connectivity index (χ1) is 13.3. The van der Waals surface area contributed by atoms with Crippen LogP contribution in [0.15, 0.2) is 47.6 Å². The maximum atomic E-state index is 4.75. The molecule has 0 unspecified atom stereocenters. The van der Waals surface area contributed by atoms with Gasteiger partial charge < -0.3 is 15.5 Å². The molecule has 6 nitrogen and oxygen atoms in total. The number of hydrogen-bond acceptors (Lipinski definition) is 3. The number of piperidine rings is 1. The number of benzene rings is 1. The summed E-state index contributed by atoms with van der Waals surface area (Å²) < 4.78 is 1.90. The van der Waals surface area contributed by atoms with Crippen LogP contribution in [0.4, 0.5) is 0 Å². The topological polar surface area (TPSA) is 57.5 Å². The van der Waals surface area contributed by atoms with Crippen molar-refractivity contribution in [1.29, 1.82) is 0 Å². The number of aromatic nitrogens is 2. The molecule has 1 aromatic heterocycles. The zero-order valence-electron chi connectivity index (χ0n) is 16.6. The van der Waals surface area contributed by atoms with Crippen LogP contribution < -0.4 is 10.6 Å². The van der Waals surface area contributed by atoms with Crippen molar-refractivity contribution in [2.75, 3.05) is 26.2 Å². The van der Waals surface area contributed by atoms with Crippen LogP contribution in [-0.2, 0) is 6.54 Å². The van der Waals surface area contributed by atoms with Crippen LogP contribution in [0.2, 0.25) is 0 Å². The third kappa shape index (κ3) is 5.82. The Bertz CT molecular complexity index is 700. The van der Waals surface area contributed by atoms with E-state index in [-0.39, 0.29) is 0 Å². The number of guanidine groups is 1.